The molecular weight excluding hydrogens is 267 g/mol. The summed E-state index contributed by atoms with van der Waals surface area (Å²) in [5, 5.41) is 3.16. The predicted octanol–water partition coefficient (Wildman–Crippen LogP) is 3.41. The first-order chi connectivity index (χ1) is 10.0. The fourth-order valence-electron chi connectivity index (χ4n) is 2.09. The lowest BCUT2D eigenvalue weighted by Gasteiger charge is -2.12. The molecule has 0 aromatic heterocycles. The summed E-state index contributed by atoms with van der Waals surface area (Å²) >= 11 is 0. The van der Waals surface area contributed by atoms with E-state index >= 15 is 0 Å². The van der Waals surface area contributed by atoms with Gasteiger partial charge < -0.3 is 11.1 Å². The van der Waals surface area contributed by atoms with E-state index in [0.29, 0.717) is 17.8 Å². The number of hydrogen-bond acceptors (Lipinski definition) is 2. The van der Waals surface area contributed by atoms with E-state index in [4.69, 9.17) is 5.73 Å². The topological polar surface area (TPSA) is 55.1 Å². The second kappa shape index (κ2) is 6.39. The van der Waals surface area contributed by atoms with Crippen LogP contribution in [0.1, 0.15) is 34.0 Å². The highest BCUT2D eigenvalue weighted by Gasteiger charge is 2.10. The van der Waals surface area contributed by atoms with Gasteiger partial charge in [0.1, 0.15) is 5.82 Å². The van der Waals surface area contributed by atoms with Crippen molar-refractivity contribution in [2.45, 2.75) is 26.8 Å². The van der Waals surface area contributed by atoms with Gasteiger partial charge in [-0.2, -0.15) is 0 Å². The number of halogens is 1. The van der Waals surface area contributed by atoms with Gasteiger partial charge in [-0.15, -0.1) is 0 Å². The third-order valence-electron chi connectivity index (χ3n) is 3.54. The van der Waals surface area contributed by atoms with Gasteiger partial charge in [-0.05, 0) is 36.6 Å². The number of rotatable bonds is 5. The standard InChI is InChI=1S/C17H19FN2O/c1-3-12-4-6-13(7-5-12)10-20-16-9-14(17(19)21)8-15(18)11(16)2/h4-9,20H,3,10H2,1-2H3,(H2,19,21). The number of benzene rings is 2. The summed E-state index contributed by atoms with van der Waals surface area (Å²) in [7, 11) is 0. The molecule has 0 atom stereocenters. The Balaban J connectivity index is 2.16. The third kappa shape index (κ3) is 3.60. The summed E-state index contributed by atoms with van der Waals surface area (Å²) in [5.41, 5.74) is 8.81. The van der Waals surface area contributed by atoms with Crippen molar-refractivity contribution in [1.29, 1.82) is 0 Å². The van der Waals surface area contributed by atoms with Crippen LogP contribution in [-0.2, 0) is 13.0 Å². The van der Waals surface area contributed by atoms with Crippen LogP contribution in [0.4, 0.5) is 10.1 Å². The molecule has 110 valence electrons. The molecule has 1 amide bonds. The maximum Gasteiger partial charge on any atom is 0.248 e. The molecule has 0 saturated heterocycles. The Morgan fingerprint density at radius 3 is 2.38 bits per heavy atom. The monoisotopic (exact) mass is 286 g/mol. The maximum absolute atomic E-state index is 13.8. The number of nitrogens with one attached hydrogen (secondary N) is 1. The van der Waals surface area contributed by atoms with E-state index in [2.05, 4.69) is 24.4 Å². The molecule has 0 saturated carbocycles. The first-order valence-corrected chi connectivity index (χ1v) is 6.93. The van der Waals surface area contributed by atoms with Gasteiger partial charge >= 0.3 is 0 Å². The summed E-state index contributed by atoms with van der Waals surface area (Å²) in [5.74, 6) is -1.07. The zero-order valence-corrected chi connectivity index (χ0v) is 12.2. The Morgan fingerprint density at radius 2 is 1.81 bits per heavy atom. The molecule has 2 aromatic carbocycles. The van der Waals surface area contributed by atoms with Crippen LogP contribution in [-0.4, -0.2) is 5.91 Å². The van der Waals surface area contributed by atoms with Crippen LogP contribution in [0.25, 0.3) is 0 Å². The van der Waals surface area contributed by atoms with Crippen molar-refractivity contribution in [2.75, 3.05) is 5.32 Å². The normalized spacial score (nSPS) is 10.4. The van der Waals surface area contributed by atoms with Crippen molar-refractivity contribution in [3.05, 3.63) is 64.5 Å². The number of carbonyl (C=O) groups is 1. The molecule has 0 aliphatic carbocycles. The SMILES string of the molecule is CCc1ccc(CNc2cc(C(N)=O)cc(F)c2C)cc1. The van der Waals surface area contributed by atoms with Crippen LogP contribution in [0.5, 0.6) is 0 Å². The first kappa shape index (κ1) is 15.0. The lowest BCUT2D eigenvalue weighted by Crippen LogP contribution is -2.13. The number of hydrogen-bond donors (Lipinski definition) is 2. The van der Waals surface area contributed by atoms with Gasteiger partial charge in [0, 0.05) is 23.4 Å². The first-order valence-electron chi connectivity index (χ1n) is 6.93. The molecule has 0 radical (unpaired) electrons. The molecule has 4 heteroatoms. The summed E-state index contributed by atoms with van der Waals surface area (Å²) in [4.78, 5) is 11.2. The molecular formula is C17H19FN2O. The van der Waals surface area contributed by atoms with Crippen LogP contribution >= 0.6 is 0 Å². The number of amides is 1. The smallest absolute Gasteiger partial charge is 0.248 e. The summed E-state index contributed by atoms with van der Waals surface area (Å²) in [6.07, 6.45) is 0.999. The molecule has 3 N–H and O–H groups in total. The average molecular weight is 286 g/mol. The van der Waals surface area contributed by atoms with Crippen molar-refractivity contribution >= 4 is 11.6 Å². The molecule has 0 heterocycles. The van der Waals surface area contributed by atoms with Crippen molar-refractivity contribution < 1.29 is 9.18 Å². The Bertz CT molecular complexity index is 651. The second-order valence-corrected chi connectivity index (χ2v) is 5.02. The largest absolute Gasteiger partial charge is 0.381 e. The number of primary amides is 1. The van der Waals surface area contributed by atoms with Gasteiger partial charge in [-0.25, -0.2) is 4.39 Å². The van der Waals surface area contributed by atoms with Crippen molar-refractivity contribution in [3.8, 4) is 0 Å². The summed E-state index contributed by atoms with van der Waals surface area (Å²) in [6.45, 7) is 4.34. The lowest BCUT2D eigenvalue weighted by atomic mass is 10.1. The Morgan fingerprint density at radius 1 is 1.19 bits per heavy atom. The van der Waals surface area contributed by atoms with Gasteiger partial charge in [0.2, 0.25) is 5.91 Å². The van der Waals surface area contributed by atoms with Crippen LogP contribution in [0.3, 0.4) is 0 Å². The highest BCUT2D eigenvalue weighted by atomic mass is 19.1. The van der Waals surface area contributed by atoms with Crippen LogP contribution in [0, 0.1) is 12.7 Å². The van der Waals surface area contributed by atoms with E-state index in [-0.39, 0.29) is 5.56 Å². The molecule has 0 fully saturated rings. The molecule has 2 aromatic rings. The summed E-state index contributed by atoms with van der Waals surface area (Å²) < 4.78 is 13.8. The van der Waals surface area contributed by atoms with Crippen LogP contribution in [0.2, 0.25) is 0 Å². The highest BCUT2D eigenvalue weighted by molar-refractivity contribution is 5.94. The van der Waals surface area contributed by atoms with Crippen molar-refractivity contribution in [1.82, 2.24) is 0 Å². The zero-order valence-electron chi connectivity index (χ0n) is 12.2. The van der Waals surface area contributed by atoms with E-state index in [1.54, 1.807) is 13.0 Å². The molecule has 0 aliphatic rings. The van der Waals surface area contributed by atoms with Gasteiger partial charge in [-0.1, -0.05) is 31.2 Å². The number of anilines is 1. The molecule has 0 aliphatic heterocycles. The Labute approximate surface area is 124 Å². The quantitative estimate of drug-likeness (QED) is 0.885. The van der Waals surface area contributed by atoms with Crippen LogP contribution in [0.15, 0.2) is 36.4 Å². The minimum atomic E-state index is -0.635. The number of aryl methyl sites for hydroxylation is 1. The van der Waals surface area contributed by atoms with E-state index < -0.39 is 11.7 Å². The molecule has 2 rings (SSSR count). The Hall–Kier alpha value is -2.36. The van der Waals surface area contributed by atoms with Crippen LogP contribution < -0.4 is 11.1 Å². The fourth-order valence-corrected chi connectivity index (χ4v) is 2.09. The number of nitrogens with two attached hydrogens (primary N) is 1. The highest BCUT2D eigenvalue weighted by Crippen LogP contribution is 2.21. The van der Waals surface area contributed by atoms with Gasteiger partial charge in [-0.3, -0.25) is 4.79 Å². The van der Waals surface area contributed by atoms with Gasteiger partial charge in [0.25, 0.3) is 0 Å². The van der Waals surface area contributed by atoms with Crippen molar-refractivity contribution in [2.24, 2.45) is 5.73 Å². The number of carbonyl (C=O) groups excluding carboxylic acids is 1. The van der Waals surface area contributed by atoms with E-state index in [1.165, 1.54) is 11.6 Å². The van der Waals surface area contributed by atoms with E-state index in [9.17, 15) is 9.18 Å². The third-order valence-corrected chi connectivity index (χ3v) is 3.54. The lowest BCUT2D eigenvalue weighted by molar-refractivity contribution is 0.1000. The second-order valence-electron chi connectivity index (χ2n) is 5.02. The molecule has 0 unspecified atom stereocenters. The molecule has 21 heavy (non-hydrogen) atoms. The van der Waals surface area contributed by atoms with E-state index in [0.717, 1.165) is 12.0 Å². The molecule has 0 spiro atoms. The minimum absolute atomic E-state index is 0.168. The zero-order chi connectivity index (χ0) is 15.4. The summed E-state index contributed by atoms with van der Waals surface area (Å²) in [6, 6.07) is 11.0. The molecule has 3 nitrogen and oxygen atoms in total. The molecule has 0 bridgehead atoms. The maximum atomic E-state index is 13.8. The minimum Gasteiger partial charge on any atom is -0.381 e. The van der Waals surface area contributed by atoms with Gasteiger partial charge in [0.05, 0.1) is 0 Å². The van der Waals surface area contributed by atoms with E-state index in [1.807, 2.05) is 12.1 Å². The fraction of sp³-hybridized carbons (Fsp3) is 0.235. The van der Waals surface area contributed by atoms with Crippen molar-refractivity contribution in [3.63, 3.8) is 0 Å². The van der Waals surface area contributed by atoms with Gasteiger partial charge in [0.15, 0.2) is 0 Å². The predicted molar refractivity (Wildman–Crippen MR) is 82.8 cm³/mol. The Kier molecular flexibility index (Phi) is 4.58. The average Bonchev–Trinajstić information content (AvgIpc) is 2.49.